The van der Waals surface area contributed by atoms with Crippen molar-refractivity contribution in [1.29, 1.82) is 0 Å². The van der Waals surface area contributed by atoms with Crippen LogP contribution >= 0.6 is 0 Å². The third-order valence-electron chi connectivity index (χ3n) is 4.58. The largest absolute Gasteiger partial charge is 0.369 e. The highest BCUT2D eigenvalue weighted by molar-refractivity contribution is 6.21. The number of carbonyl (C=O) groups is 3. The minimum absolute atomic E-state index is 0.104. The second-order valence-electron chi connectivity index (χ2n) is 6.57. The van der Waals surface area contributed by atoms with E-state index in [1.807, 2.05) is 6.92 Å². The molecule has 0 saturated carbocycles. The van der Waals surface area contributed by atoms with E-state index in [0.717, 1.165) is 6.42 Å². The zero-order valence-electron chi connectivity index (χ0n) is 15.4. The number of nitrogens with zero attached hydrogens (tertiary/aromatic N) is 2. The smallest absolute Gasteiger partial charge is 0.261 e. The van der Waals surface area contributed by atoms with Crippen molar-refractivity contribution in [2.24, 2.45) is 5.92 Å². The number of rotatable bonds is 7. The zero-order chi connectivity index (χ0) is 19.4. The molecule has 140 valence electrons. The van der Waals surface area contributed by atoms with Crippen LogP contribution < -0.4 is 10.6 Å². The molecule has 7 nitrogen and oxygen atoms in total. The molecule has 0 saturated heterocycles. The van der Waals surface area contributed by atoms with Crippen LogP contribution in [0.4, 0.5) is 5.82 Å². The zero-order valence-corrected chi connectivity index (χ0v) is 15.4. The van der Waals surface area contributed by atoms with Gasteiger partial charge in [-0.1, -0.05) is 19.1 Å². The number of amides is 3. The Morgan fingerprint density at radius 2 is 1.78 bits per heavy atom. The van der Waals surface area contributed by atoms with Gasteiger partial charge in [-0.2, -0.15) is 0 Å². The molecule has 1 aromatic carbocycles. The molecule has 0 bridgehead atoms. The number of anilines is 1. The lowest BCUT2D eigenvalue weighted by molar-refractivity contribution is 0.0631. The highest BCUT2D eigenvalue weighted by Crippen LogP contribution is 2.24. The average Bonchev–Trinajstić information content (AvgIpc) is 2.93. The first-order valence-electron chi connectivity index (χ1n) is 8.89. The van der Waals surface area contributed by atoms with Crippen molar-refractivity contribution in [2.75, 3.05) is 25.5 Å². The number of hydrogen-bond donors (Lipinski definition) is 2. The quantitative estimate of drug-likeness (QED) is 0.733. The summed E-state index contributed by atoms with van der Waals surface area (Å²) in [5.74, 6) is -0.0505. The summed E-state index contributed by atoms with van der Waals surface area (Å²) in [4.78, 5) is 42.2. The molecule has 27 heavy (non-hydrogen) atoms. The fraction of sp³-hybridized carbons (Fsp3) is 0.300. The first kappa shape index (κ1) is 18.6. The van der Waals surface area contributed by atoms with Gasteiger partial charge in [0.25, 0.3) is 17.7 Å². The summed E-state index contributed by atoms with van der Waals surface area (Å²) in [7, 11) is 1.57. The van der Waals surface area contributed by atoms with Gasteiger partial charge in [0.1, 0.15) is 5.82 Å². The Hall–Kier alpha value is -3.22. The van der Waals surface area contributed by atoms with E-state index < -0.39 is 0 Å². The first-order valence-corrected chi connectivity index (χ1v) is 8.89. The summed E-state index contributed by atoms with van der Waals surface area (Å²) in [6.45, 7) is 2.92. The van der Waals surface area contributed by atoms with E-state index in [-0.39, 0.29) is 23.6 Å². The molecule has 1 aliphatic rings. The molecule has 2 aromatic rings. The molecule has 2 N–H and O–H groups in total. The molecule has 0 spiro atoms. The van der Waals surface area contributed by atoms with Crippen molar-refractivity contribution in [2.45, 2.75) is 13.3 Å². The lowest BCUT2D eigenvalue weighted by Crippen LogP contribution is -2.34. The van der Waals surface area contributed by atoms with Gasteiger partial charge in [-0.3, -0.25) is 19.3 Å². The minimum atomic E-state index is -0.234. The second-order valence-corrected chi connectivity index (χ2v) is 6.57. The number of benzene rings is 1. The van der Waals surface area contributed by atoms with Crippen LogP contribution in [0.5, 0.6) is 0 Å². The fourth-order valence-corrected chi connectivity index (χ4v) is 3.11. The summed E-state index contributed by atoms with van der Waals surface area (Å²) >= 11 is 0. The van der Waals surface area contributed by atoms with Crippen LogP contribution in [0.25, 0.3) is 0 Å². The highest BCUT2D eigenvalue weighted by Gasteiger charge is 2.35. The van der Waals surface area contributed by atoms with Gasteiger partial charge in [-0.25, -0.2) is 4.98 Å². The van der Waals surface area contributed by atoms with Crippen molar-refractivity contribution in [3.05, 3.63) is 59.3 Å². The van der Waals surface area contributed by atoms with Gasteiger partial charge in [0.05, 0.1) is 16.7 Å². The molecular formula is C20H22N4O3. The monoisotopic (exact) mass is 366 g/mol. The summed E-state index contributed by atoms with van der Waals surface area (Å²) in [6.07, 6.45) is 2.34. The minimum Gasteiger partial charge on any atom is -0.369 e. The topological polar surface area (TPSA) is 91.4 Å². The van der Waals surface area contributed by atoms with Gasteiger partial charge >= 0.3 is 0 Å². The Bertz CT molecular complexity index is 846. The van der Waals surface area contributed by atoms with Crippen LogP contribution in [0.3, 0.4) is 0 Å². The van der Waals surface area contributed by atoms with Crippen molar-refractivity contribution in [1.82, 2.24) is 15.2 Å². The Balaban J connectivity index is 1.56. The maximum absolute atomic E-state index is 12.4. The number of pyridine rings is 1. The standard InChI is InChI=1S/C20H22N4O3/c1-13(9-11-23-17-16(18(25)21-2)8-5-10-22-17)12-24-19(26)14-6-3-4-7-15(14)20(24)27/h3-8,10,13H,9,11-12H2,1-2H3,(H,21,25)(H,22,23). The molecule has 3 rings (SSSR count). The van der Waals surface area contributed by atoms with E-state index in [9.17, 15) is 14.4 Å². The van der Waals surface area contributed by atoms with Gasteiger partial charge in [0, 0.05) is 26.3 Å². The molecule has 1 atom stereocenters. The Morgan fingerprint density at radius 1 is 1.11 bits per heavy atom. The van der Waals surface area contributed by atoms with E-state index in [2.05, 4.69) is 15.6 Å². The van der Waals surface area contributed by atoms with E-state index in [1.165, 1.54) is 4.90 Å². The van der Waals surface area contributed by atoms with Crippen LogP contribution in [-0.4, -0.2) is 47.7 Å². The van der Waals surface area contributed by atoms with Crippen LogP contribution in [0.2, 0.25) is 0 Å². The SMILES string of the molecule is CNC(=O)c1cccnc1NCCC(C)CN1C(=O)c2ccccc2C1=O. The molecule has 0 fully saturated rings. The molecule has 1 aromatic heterocycles. The number of aromatic nitrogens is 1. The number of carbonyl (C=O) groups excluding carboxylic acids is 3. The van der Waals surface area contributed by atoms with E-state index in [1.54, 1.807) is 49.6 Å². The number of nitrogens with one attached hydrogen (secondary N) is 2. The Kier molecular flexibility index (Phi) is 5.49. The summed E-state index contributed by atoms with van der Waals surface area (Å²) in [6, 6.07) is 10.3. The van der Waals surface area contributed by atoms with Crippen LogP contribution in [0, 0.1) is 5.92 Å². The number of hydrogen-bond acceptors (Lipinski definition) is 5. The normalized spacial score (nSPS) is 14.1. The van der Waals surface area contributed by atoms with E-state index >= 15 is 0 Å². The molecule has 3 amide bonds. The Labute approximate surface area is 157 Å². The van der Waals surface area contributed by atoms with Crippen molar-refractivity contribution in [3.63, 3.8) is 0 Å². The van der Waals surface area contributed by atoms with Crippen LogP contribution in [0.1, 0.15) is 44.4 Å². The Morgan fingerprint density at radius 3 is 2.41 bits per heavy atom. The molecule has 1 aliphatic heterocycles. The van der Waals surface area contributed by atoms with E-state index in [4.69, 9.17) is 0 Å². The molecule has 0 aliphatic carbocycles. The molecule has 7 heteroatoms. The van der Waals surface area contributed by atoms with E-state index in [0.29, 0.717) is 35.6 Å². The summed E-state index contributed by atoms with van der Waals surface area (Å²) < 4.78 is 0. The van der Waals surface area contributed by atoms with Gasteiger partial charge in [-0.05, 0) is 36.6 Å². The summed E-state index contributed by atoms with van der Waals surface area (Å²) in [5, 5.41) is 5.75. The molecular weight excluding hydrogens is 344 g/mol. The maximum atomic E-state index is 12.4. The van der Waals surface area contributed by atoms with Gasteiger partial charge < -0.3 is 10.6 Å². The van der Waals surface area contributed by atoms with Crippen molar-refractivity contribution in [3.8, 4) is 0 Å². The second kappa shape index (κ2) is 7.99. The predicted octanol–water partition coefficient (Wildman–Crippen LogP) is 2.18. The van der Waals surface area contributed by atoms with Crippen molar-refractivity contribution >= 4 is 23.5 Å². The van der Waals surface area contributed by atoms with Crippen molar-refractivity contribution < 1.29 is 14.4 Å². The molecule has 1 unspecified atom stereocenters. The van der Waals surface area contributed by atoms with Crippen LogP contribution in [0.15, 0.2) is 42.6 Å². The first-order chi connectivity index (χ1) is 13.0. The summed E-state index contributed by atoms with van der Waals surface area (Å²) in [5.41, 5.74) is 1.42. The predicted molar refractivity (Wildman–Crippen MR) is 102 cm³/mol. The highest BCUT2D eigenvalue weighted by atomic mass is 16.2. The third kappa shape index (κ3) is 3.81. The van der Waals surface area contributed by atoms with Gasteiger partial charge in [0.2, 0.25) is 0 Å². The van der Waals surface area contributed by atoms with Gasteiger partial charge in [0.15, 0.2) is 0 Å². The number of imide groups is 1. The molecule has 0 radical (unpaired) electrons. The molecule has 2 heterocycles. The lowest BCUT2D eigenvalue weighted by atomic mass is 10.1. The third-order valence-corrected chi connectivity index (χ3v) is 4.58. The average molecular weight is 366 g/mol. The van der Waals surface area contributed by atoms with Gasteiger partial charge in [-0.15, -0.1) is 0 Å². The lowest BCUT2D eigenvalue weighted by Gasteiger charge is -2.19. The number of fused-ring (bicyclic) bond motifs is 1. The van der Waals surface area contributed by atoms with Crippen LogP contribution in [-0.2, 0) is 0 Å². The fourth-order valence-electron chi connectivity index (χ4n) is 3.11. The maximum Gasteiger partial charge on any atom is 0.261 e.